The van der Waals surface area contributed by atoms with Gasteiger partial charge in [0, 0.05) is 23.5 Å². The Morgan fingerprint density at radius 3 is 2.12 bits per heavy atom. The van der Waals surface area contributed by atoms with E-state index in [0.29, 0.717) is 24.0 Å². The molecule has 0 aliphatic carbocycles. The second-order valence-electron chi connectivity index (χ2n) is 6.51. The number of nitrogens with zero attached hydrogens (tertiary/aromatic N) is 1. The summed E-state index contributed by atoms with van der Waals surface area (Å²) in [5, 5.41) is 10.3. The molecule has 0 spiro atoms. The van der Waals surface area contributed by atoms with E-state index in [1.165, 1.54) is 0 Å². The van der Waals surface area contributed by atoms with Crippen molar-refractivity contribution in [1.82, 2.24) is 4.90 Å². The molecule has 1 rings (SSSR count). The van der Waals surface area contributed by atoms with Crippen LogP contribution in [0.3, 0.4) is 0 Å². The molecule has 1 heterocycles. The summed E-state index contributed by atoms with van der Waals surface area (Å²) in [7, 11) is 0. The van der Waals surface area contributed by atoms with Crippen LogP contribution < -0.4 is 0 Å². The van der Waals surface area contributed by atoms with Crippen LogP contribution in [0.5, 0.6) is 0 Å². The van der Waals surface area contributed by atoms with Gasteiger partial charge in [-0.2, -0.15) is 0 Å². The van der Waals surface area contributed by atoms with Gasteiger partial charge in [-0.1, -0.05) is 20.8 Å². The molecule has 2 nitrogen and oxygen atoms in total. The maximum Gasteiger partial charge on any atom is 0.0609 e. The molecule has 1 aliphatic heterocycles. The van der Waals surface area contributed by atoms with Gasteiger partial charge >= 0.3 is 0 Å². The third-order valence-electron chi connectivity index (χ3n) is 4.87. The second kappa shape index (κ2) is 4.66. The lowest BCUT2D eigenvalue weighted by atomic mass is 9.78. The molecule has 1 aliphatic rings. The Morgan fingerprint density at radius 1 is 1.19 bits per heavy atom. The van der Waals surface area contributed by atoms with Gasteiger partial charge in [0.15, 0.2) is 0 Å². The van der Waals surface area contributed by atoms with Crippen LogP contribution in [-0.4, -0.2) is 34.2 Å². The van der Waals surface area contributed by atoms with Crippen LogP contribution in [0.15, 0.2) is 0 Å². The molecule has 0 bridgehead atoms. The SMILES string of the molecule is CC1CC(O)C(C)(C)C(C)N(C(C)C)C1C. The largest absolute Gasteiger partial charge is 0.392 e. The number of aliphatic hydroxyl groups is 1. The lowest BCUT2D eigenvalue weighted by Gasteiger charge is -2.44. The number of hydrogen-bond acceptors (Lipinski definition) is 2. The maximum absolute atomic E-state index is 10.3. The first-order valence-corrected chi connectivity index (χ1v) is 6.65. The molecule has 0 aromatic rings. The smallest absolute Gasteiger partial charge is 0.0609 e. The monoisotopic (exact) mass is 227 g/mol. The Morgan fingerprint density at radius 2 is 1.69 bits per heavy atom. The minimum absolute atomic E-state index is 0.0245. The molecular weight excluding hydrogens is 198 g/mol. The predicted octanol–water partition coefficient (Wildman–Crippen LogP) is 2.90. The molecule has 0 saturated carbocycles. The Kier molecular flexibility index (Phi) is 4.07. The molecule has 16 heavy (non-hydrogen) atoms. The molecule has 4 unspecified atom stereocenters. The highest BCUT2D eigenvalue weighted by atomic mass is 16.3. The van der Waals surface area contributed by atoms with Crippen LogP contribution in [0.1, 0.15) is 54.9 Å². The van der Waals surface area contributed by atoms with Crippen molar-refractivity contribution >= 4 is 0 Å². The predicted molar refractivity (Wildman–Crippen MR) is 69.5 cm³/mol. The van der Waals surface area contributed by atoms with Crippen molar-refractivity contribution in [2.75, 3.05) is 0 Å². The van der Waals surface area contributed by atoms with Gasteiger partial charge in [-0.05, 0) is 40.0 Å². The standard InChI is InChI=1S/C14H29NO/c1-9(2)15-11(4)10(3)8-13(16)14(6,7)12(15)5/h9-13,16H,8H2,1-7H3. The lowest BCUT2D eigenvalue weighted by Crippen LogP contribution is -2.52. The van der Waals surface area contributed by atoms with E-state index in [0.717, 1.165) is 6.42 Å². The van der Waals surface area contributed by atoms with Crippen LogP contribution in [0.25, 0.3) is 0 Å². The number of likely N-dealkylation sites (tertiary alicyclic amines) is 1. The van der Waals surface area contributed by atoms with Gasteiger partial charge in [0.1, 0.15) is 0 Å². The molecule has 0 aromatic heterocycles. The van der Waals surface area contributed by atoms with Crippen molar-refractivity contribution in [3.05, 3.63) is 0 Å². The summed E-state index contributed by atoms with van der Waals surface area (Å²) in [5.41, 5.74) is -0.0245. The normalized spacial score (nSPS) is 41.1. The Labute approximate surface area is 101 Å². The first-order valence-electron chi connectivity index (χ1n) is 6.65. The molecule has 1 N–H and O–H groups in total. The van der Waals surface area contributed by atoms with Crippen LogP contribution in [0, 0.1) is 11.3 Å². The molecule has 1 saturated heterocycles. The minimum Gasteiger partial charge on any atom is -0.392 e. The van der Waals surface area contributed by atoms with Crippen molar-refractivity contribution in [2.24, 2.45) is 11.3 Å². The third kappa shape index (κ3) is 2.28. The molecule has 96 valence electrons. The van der Waals surface area contributed by atoms with Gasteiger partial charge in [-0.3, -0.25) is 4.90 Å². The molecule has 0 radical (unpaired) electrons. The first kappa shape index (κ1) is 14.0. The summed E-state index contributed by atoms with van der Waals surface area (Å²) in [5.74, 6) is 0.557. The van der Waals surface area contributed by atoms with Gasteiger partial charge < -0.3 is 5.11 Å². The van der Waals surface area contributed by atoms with Crippen LogP contribution in [0.4, 0.5) is 0 Å². The van der Waals surface area contributed by atoms with E-state index < -0.39 is 0 Å². The Bertz CT molecular complexity index is 237. The molecule has 2 heteroatoms. The highest BCUT2D eigenvalue weighted by molar-refractivity contribution is 4.97. The molecule has 0 amide bonds. The van der Waals surface area contributed by atoms with Crippen molar-refractivity contribution < 1.29 is 5.11 Å². The molecular formula is C14H29NO. The summed E-state index contributed by atoms with van der Waals surface area (Å²) in [4.78, 5) is 2.57. The third-order valence-corrected chi connectivity index (χ3v) is 4.87. The van der Waals surface area contributed by atoms with Gasteiger partial charge in [0.05, 0.1) is 6.10 Å². The fourth-order valence-electron chi connectivity index (χ4n) is 3.08. The van der Waals surface area contributed by atoms with Crippen molar-refractivity contribution in [2.45, 2.75) is 79.1 Å². The highest BCUT2D eigenvalue weighted by Gasteiger charge is 2.44. The summed E-state index contributed by atoms with van der Waals surface area (Å²) >= 11 is 0. The van der Waals surface area contributed by atoms with Crippen LogP contribution >= 0.6 is 0 Å². The fourth-order valence-corrected chi connectivity index (χ4v) is 3.08. The summed E-state index contributed by atoms with van der Waals surface area (Å²) < 4.78 is 0. The molecule has 4 atom stereocenters. The van der Waals surface area contributed by atoms with E-state index in [1.54, 1.807) is 0 Å². The number of rotatable bonds is 1. The van der Waals surface area contributed by atoms with Gasteiger partial charge in [0.25, 0.3) is 0 Å². The summed E-state index contributed by atoms with van der Waals surface area (Å²) in [6.07, 6.45) is 0.727. The van der Waals surface area contributed by atoms with Gasteiger partial charge in [-0.25, -0.2) is 0 Å². The number of aliphatic hydroxyl groups excluding tert-OH is 1. The van der Waals surface area contributed by atoms with Gasteiger partial charge in [-0.15, -0.1) is 0 Å². The van der Waals surface area contributed by atoms with Crippen LogP contribution in [-0.2, 0) is 0 Å². The quantitative estimate of drug-likeness (QED) is 0.744. The minimum atomic E-state index is -0.191. The molecule has 1 fully saturated rings. The Balaban J connectivity index is 3.07. The average molecular weight is 227 g/mol. The van der Waals surface area contributed by atoms with E-state index >= 15 is 0 Å². The zero-order valence-corrected chi connectivity index (χ0v) is 12.0. The van der Waals surface area contributed by atoms with Crippen molar-refractivity contribution in [1.29, 1.82) is 0 Å². The van der Waals surface area contributed by atoms with E-state index in [1.807, 2.05) is 0 Å². The second-order valence-corrected chi connectivity index (χ2v) is 6.51. The highest BCUT2D eigenvalue weighted by Crippen LogP contribution is 2.39. The lowest BCUT2D eigenvalue weighted by molar-refractivity contribution is -0.0151. The first-order chi connectivity index (χ1) is 7.19. The fraction of sp³-hybridized carbons (Fsp3) is 1.00. The Hall–Kier alpha value is -0.0800. The topological polar surface area (TPSA) is 23.5 Å². The summed E-state index contributed by atoms with van der Waals surface area (Å²) in [6.45, 7) is 15.7. The van der Waals surface area contributed by atoms with Crippen molar-refractivity contribution in [3.63, 3.8) is 0 Å². The van der Waals surface area contributed by atoms with E-state index in [9.17, 15) is 5.11 Å². The zero-order chi connectivity index (χ0) is 12.7. The van der Waals surface area contributed by atoms with Gasteiger partial charge in [0.2, 0.25) is 0 Å². The van der Waals surface area contributed by atoms with E-state index in [4.69, 9.17) is 0 Å². The zero-order valence-electron chi connectivity index (χ0n) is 12.0. The van der Waals surface area contributed by atoms with Crippen molar-refractivity contribution in [3.8, 4) is 0 Å². The summed E-state index contributed by atoms with van der Waals surface area (Å²) in [6, 6.07) is 1.51. The molecule has 0 aromatic carbocycles. The number of hydrogen-bond donors (Lipinski definition) is 1. The van der Waals surface area contributed by atoms with E-state index in [-0.39, 0.29) is 11.5 Å². The average Bonchev–Trinajstić information content (AvgIpc) is 2.20. The maximum atomic E-state index is 10.3. The van der Waals surface area contributed by atoms with E-state index in [2.05, 4.69) is 53.4 Å². The van der Waals surface area contributed by atoms with Crippen LogP contribution in [0.2, 0.25) is 0 Å².